The van der Waals surface area contributed by atoms with Crippen molar-refractivity contribution in [2.24, 2.45) is 5.92 Å². The van der Waals surface area contributed by atoms with Crippen molar-refractivity contribution >= 4 is 5.91 Å². The number of hydrogen-bond acceptors (Lipinski definition) is 3. The first-order valence-electron chi connectivity index (χ1n) is 7.27. The van der Waals surface area contributed by atoms with E-state index in [0.717, 1.165) is 31.7 Å². The van der Waals surface area contributed by atoms with Gasteiger partial charge in [-0.3, -0.25) is 4.79 Å². The summed E-state index contributed by atoms with van der Waals surface area (Å²) in [6.07, 6.45) is 0.929. The number of hydrogen-bond donors (Lipinski definition) is 2. The Labute approximate surface area is 121 Å². The maximum absolute atomic E-state index is 11.6. The van der Waals surface area contributed by atoms with E-state index >= 15 is 0 Å². The van der Waals surface area contributed by atoms with E-state index in [-0.39, 0.29) is 5.91 Å². The Hall–Kier alpha value is -1.39. The third kappa shape index (κ3) is 8.67. The number of benzene rings is 1. The highest BCUT2D eigenvalue weighted by Crippen LogP contribution is 1.96. The molecule has 0 aromatic heterocycles. The van der Waals surface area contributed by atoms with Crippen LogP contribution >= 0.6 is 0 Å². The largest absolute Gasteiger partial charge is 0.381 e. The minimum atomic E-state index is 0.0250. The normalized spacial score (nSPS) is 10.8. The molecule has 0 radical (unpaired) electrons. The van der Waals surface area contributed by atoms with Crippen molar-refractivity contribution in [2.75, 3.05) is 26.3 Å². The Morgan fingerprint density at radius 1 is 1.25 bits per heavy atom. The van der Waals surface area contributed by atoms with Gasteiger partial charge in [-0.1, -0.05) is 44.2 Å². The van der Waals surface area contributed by atoms with E-state index in [1.54, 1.807) is 0 Å². The van der Waals surface area contributed by atoms with Crippen LogP contribution in [0.2, 0.25) is 0 Å². The van der Waals surface area contributed by atoms with Crippen molar-refractivity contribution in [2.45, 2.75) is 26.8 Å². The van der Waals surface area contributed by atoms with Gasteiger partial charge in [0.05, 0.1) is 6.54 Å². The molecule has 0 spiro atoms. The smallest absolute Gasteiger partial charge is 0.234 e. The van der Waals surface area contributed by atoms with E-state index in [9.17, 15) is 4.79 Å². The van der Waals surface area contributed by atoms with Crippen LogP contribution in [0.3, 0.4) is 0 Å². The van der Waals surface area contributed by atoms with Gasteiger partial charge >= 0.3 is 0 Å². The summed E-state index contributed by atoms with van der Waals surface area (Å²) in [5.41, 5.74) is 1.11. The minimum absolute atomic E-state index is 0.0250. The highest BCUT2D eigenvalue weighted by molar-refractivity contribution is 5.77. The lowest BCUT2D eigenvalue weighted by Crippen LogP contribution is -2.34. The first-order chi connectivity index (χ1) is 9.68. The zero-order valence-corrected chi connectivity index (χ0v) is 12.5. The molecule has 0 aliphatic rings. The van der Waals surface area contributed by atoms with Crippen LogP contribution in [-0.2, 0) is 16.1 Å². The lowest BCUT2D eigenvalue weighted by molar-refractivity contribution is -0.120. The number of rotatable bonds is 10. The Morgan fingerprint density at radius 2 is 2.00 bits per heavy atom. The summed E-state index contributed by atoms with van der Waals surface area (Å²) in [6.45, 7) is 7.56. The number of ether oxygens (including phenoxy) is 1. The zero-order valence-electron chi connectivity index (χ0n) is 12.5. The summed E-state index contributed by atoms with van der Waals surface area (Å²) in [5.74, 6) is 0.601. The van der Waals surface area contributed by atoms with E-state index in [1.165, 1.54) is 0 Å². The van der Waals surface area contributed by atoms with Gasteiger partial charge in [-0.05, 0) is 24.4 Å². The molecule has 2 N–H and O–H groups in total. The van der Waals surface area contributed by atoms with Gasteiger partial charge < -0.3 is 15.4 Å². The molecule has 20 heavy (non-hydrogen) atoms. The van der Waals surface area contributed by atoms with E-state index in [2.05, 4.69) is 24.5 Å². The van der Waals surface area contributed by atoms with Gasteiger partial charge in [-0.25, -0.2) is 0 Å². The minimum Gasteiger partial charge on any atom is -0.381 e. The van der Waals surface area contributed by atoms with Gasteiger partial charge in [-0.15, -0.1) is 0 Å². The molecule has 0 bridgehead atoms. The molecule has 0 saturated heterocycles. The van der Waals surface area contributed by atoms with Gasteiger partial charge in [0.15, 0.2) is 0 Å². The summed E-state index contributed by atoms with van der Waals surface area (Å²) in [5, 5.41) is 6.00. The van der Waals surface area contributed by atoms with Gasteiger partial charge in [0.25, 0.3) is 0 Å². The highest BCUT2D eigenvalue weighted by Gasteiger charge is 2.00. The molecule has 112 valence electrons. The molecule has 0 aliphatic heterocycles. The highest BCUT2D eigenvalue weighted by atomic mass is 16.5. The predicted octanol–water partition coefficient (Wildman–Crippen LogP) is 1.96. The SMILES string of the molecule is CC(C)COCCCNCC(=O)NCc1ccccc1. The molecule has 1 rings (SSSR count). The van der Waals surface area contributed by atoms with E-state index in [1.807, 2.05) is 30.3 Å². The average Bonchev–Trinajstić information content (AvgIpc) is 2.45. The molecule has 0 heterocycles. The molecule has 0 saturated carbocycles. The number of nitrogens with one attached hydrogen (secondary N) is 2. The molecule has 1 aromatic rings. The molecular formula is C16H26N2O2. The lowest BCUT2D eigenvalue weighted by Gasteiger charge is -2.08. The fourth-order valence-corrected chi connectivity index (χ4v) is 1.68. The van der Waals surface area contributed by atoms with Crippen molar-refractivity contribution in [1.82, 2.24) is 10.6 Å². The standard InChI is InChI=1S/C16H26N2O2/c1-14(2)13-20-10-6-9-17-12-16(19)18-11-15-7-4-3-5-8-15/h3-5,7-8,14,17H,6,9-13H2,1-2H3,(H,18,19). The van der Waals surface area contributed by atoms with Gasteiger partial charge in [0.2, 0.25) is 5.91 Å². The van der Waals surface area contributed by atoms with E-state index < -0.39 is 0 Å². The van der Waals surface area contributed by atoms with E-state index in [0.29, 0.717) is 19.0 Å². The van der Waals surface area contributed by atoms with Crippen LogP contribution in [0.15, 0.2) is 30.3 Å². The first kappa shape index (κ1) is 16.7. The number of amides is 1. The third-order valence-corrected chi connectivity index (χ3v) is 2.71. The summed E-state index contributed by atoms with van der Waals surface area (Å²) in [7, 11) is 0. The van der Waals surface area contributed by atoms with Gasteiger partial charge in [0.1, 0.15) is 0 Å². The summed E-state index contributed by atoms with van der Waals surface area (Å²) < 4.78 is 5.47. The Bertz CT molecular complexity index is 366. The van der Waals surface area contributed by atoms with Crippen molar-refractivity contribution in [1.29, 1.82) is 0 Å². The summed E-state index contributed by atoms with van der Waals surface area (Å²) in [6, 6.07) is 9.90. The van der Waals surface area contributed by atoms with Crippen LogP contribution < -0.4 is 10.6 Å². The molecule has 4 heteroatoms. The van der Waals surface area contributed by atoms with Crippen molar-refractivity contribution < 1.29 is 9.53 Å². The van der Waals surface area contributed by atoms with Crippen molar-refractivity contribution in [3.8, 4) is 0 Å². The Morgan fingerprint density at radius 3 is 2.70 bits per heavy atom. The fraction of sp³-hybridized carbons (Fsp3) is 0.562. The quantitative estimate of drug-likeness (QED) is 0.643. The van der Waals surface area contributed by atoms with E-state index in [4.69, 9.17) is 4.74 Å². The van der Waals surface area contributed by atoms with Crippen LogP contribution in [0.5, 0.6) is 0 Å². The Balaban J connectivity index is 1.95. The van der Waals surface area contributed by atoms with Crippen LogP contribution in [-0.4, -0.2) is 32.2 Å². The van der Waals surface area contributed by atoms with Crippen LogP contribution in [0.25, 0.3) is 0 Å². The molecule has 0 fully saturated rings. The molecule has 0 unspecified atom stereocenters. The maximum Gasteiger partial charge on any atom is 0.234 e. The maximum atomic E-state index is 11.6. The topological polar surface area (TPSA) is 50.4 Å². The molecular weight excluding hydrogens is 252 g/mol. The first-order valence-corrected chi connectivity index (χ1v) is 7.27. The monoisotopic (exact) mass is 278 g/mol. The summed E-state index contributed by atoms with van der Waals surface area (Å²) >= 11 is 0. The second kappa shape index (κ2) is 10.4. The van der Waals surface area contributed by atoms with Crippen LogP contribution in [0.1, 0.15) is 25.8 Å². The molecule has 4 nitrogen and oxygen atoms in total. The molecule has 1 amide bonds. The second-order valence-electron chi connectivity index (χ2n) is 5.26. The third-order valence-electron chi connectivity index (χ3n) is 2.71. The molecule has 1 aromatic carbocycles. The number of carbonyl (C=O) groups excluding carboxylic acids is 1. The molecule has 0 atom stereocenters. The fourth-order valence-electron chi connectivity index (χ4n) is 1.68. The zero-order chi connectivity index (χ0) is 14.6. The van der Waals surface area contributed by atoms with Gasteiger partial charge in [-0.2, -0.15) is 0 Å². The van der Waals surface area contributed by atoms with Gasteiger partial charge in [0, 0.05) is 19.8 Å². The second-order valence-corrected chi connectivity index (χ2v) is 5.26. The van der Waals surface area contributed by atoms with Crippen LogP contribution in [0.4, 0.5) is 0 Å². The van der Waals surface area contributed by atoms with Crippen LogP contribution in [0, 0.1) is 5.92 Å². The lowest BCUT2D eigenvalue weighted by atomic mass is 10.2. The van der Waals surface area contributed by atoms with Crippen molar-refractivity contribution in [3.63, 3.8) is 0 Å². The predicted molar refractivity (Wildman–Crippen MR) is 81.4 cm³/mol. The summed E-state index contributed by atoms with van der Waals surface area (Å²) in [4.78, 5) is 11.6. The number of carbonyl (C=O) groups is 1. The Kier molecular flexibility index (Phi) is 8.67. The molecule has 0 aliphatic carbocycles. The average molecular weight is 278 g/mol. The van der Waals surface area contributed by atoms with Crippen molar-refractivity contribution in [3.05, 3.63) is 35.9 Å².